The van der Waals surface area contributed by atoms with E-state index in [2.05, 4.69) is 54.1 Å². The number of nitrogens with one attached hydrogen (secondary N) is 1. The molecular formula is C17H26N2. The molecule has 1 N–H and O–H groups in total. The SMILES string of the molecule is C=C(CC)CNC1CCCN(Cc2ccccc2)C1. The maximum atomic E-state index is 4.07. The summed E-state index contributed by atoms with van der Waals surface area (Å²) in [4.78, 5) is 2.56. The molecule has 1 fully saturated rings. The van der Waals surface area contributed by atoms with Crippen LogP contribution in [0.1, 0.15) is 31.7 Å². The van der Waals surface area contributed by atoms with Crippen LogP contribution < -0.4 is 5.32 Å². The number of nitrogens with zero attached hydrogens (tertiary/aromatic N) is 1. The molecule has 1 aliphatic heterocycles. The molecule has 0 spiro atoms. The predicted octanol–water partition coefficient (Wildman–Crippen LogP) is 3.21. The fourth-order valence-electron chi connectivity index (χ4n) is 2.62. The van der Waals surface area contributed by atoms with Crippen LogP contribution in [0.25, 0.3) is 0 Å². The zero-order valence-electron chi connectivity index (χ0n) is 12.1. The van der Waals surface area contributed by atoms with E-state index in [0.717, 1.165) is 26.1 Å². The highest BCUT2D eigenvalue weighted by Crippen LogP contribution is 2.14. The minimum atomic E-state index is 0.626. The topological polar surface area (TPSA) is 15.3 Å². The Balaban J connectivity index is 1.79. The molecule has 0 radical (unpaired) electrons. The molecule has 2 heteroatoms. The number of hydrogen-bond donors (Lipinski definition) is 1. The van der Waals surface area contributed by atoms with Crippen molar-refractivity contribution in [2.75, 3.05) is 19.6 Å². The van der Waals surface area contributed by atoms with Crippen molar-refractivity contribution in [3.8, 4) is 0 Å². The number of rotatable bonds is 6. The molecule has 2 rings (SSSR count). The molecule has 0 saturated carbocycles. The largest absolute Gasteiger partial charge is 0.309 e. The zero-order chi connectivity index (χ0) is 13.5. The molecule has 1 atom stereocenters. The smallest absolute Gasteiger partial charge is 0.0234 e. The van der Waals surface area contributed by atoms with Crippen LogP contribution >= 0.6 is 0 Å². The van der Waals surface area contributed by atoms with Gasteiger partial charge in [0.1, 0.15) is 0 Å². The summed E-state index contributed by atoms with van der Waals surface area (Å²) in [5, 5.41) is 3.65. The van der Waals surface area contributed by atoms with Crippen molar-refractivity contribution < 1.29 is 0 Å². The van der Waals surface area contributed by atoms with E-state index in [9.17, 15) is 0 Å². The zero-order valence-corrected chi connectivity index (χ0v) is 12.1. The van der Waals surface area contributed by atoms with E-state index in [0.29, 0.717) is 6.04 Å². The van der Waals surface area contributed by atoms with E-state index < -0.39 is 0 Å². The average Bonchev–Trinajstić information content (AvgIpc) is 2.46. The summed E-state index contributed by atoms with van der Waals surface area (Å²) >= 11 is 0. The van der Waals surface area contributed by atoms with Gasteiger partial charge < -0.3 is 5.32 Å². The quantitative estimate of drug-likeness (QED) is 0.788. The van der Waals surface area contributed by atoms with Gasteiger partial charge in [-0.15, -0.1) is 0 Å². The van der Waals surface area contributed by atoms with Gasteiger partial charge in [0.25, 0.3) is 0 Å². The highest BCUT2D eigenvalue weighted by atomic mass is 15.2. The van der Waals surface area contributed by atoms with Crippen LogP contribution in [-0.2, 0) is 6.54 Å². The number of hydrogen-bond acceptors (Lipinski definition) is 2. The first-order valence-corrected chi connectivity index (χ1v) is 7.44. The first-order valence-electron chi connectivity index (χ1n) is 7.44. The molecule has 0 amide bonds. The van der Waals surface area contributed by atoms with Crippen molar-refractivity contribution in [1.29, 1.82) is 0 Å². The van der Waals surface area contributed by atoms with Crippen LogP contribution in [0.2, 0.25) is 0 Å². The third-order valence-electron chi connectivity index (χ3n) is 3.90. The second kappa shape index (κ2) is 7.46. The highest BCUT2D eigenvalue weighted by Gasteiger charge is 2.19. The average molecular weight is 258 g/mol. The Morgan fingerprint density at radius 1 is 1.37 bits per heavy atom. The lowest BCUT2D eigenvalue weighted by Crippen LogP contribution is -2.45. The van der Waals surface area contributed by atoms with Crippen LogP contribution in [0.5, 0.6) is 0 Å². The molecule has 1 aromatic rings. The lowest BCUT2D eigenvalue weighted by Gasteiger charge is -2.33. The van der Waals surface area contributed by atoms with Gasteiger partial charge in [0.05, 0.1) is 0 Å². The minimum Gasteiger partial charge on any atom is -0.309 e. The maximum absolute atomic E-state index is 4.07. The molecule has 1 unspecified atom stereocenters. The van der Waals surface area contributed by atoms with Gasteiger partial charge in [0, 0.05) is 25.7 Å². The van der Waals surface area contributed by atoms with Gasteiger partial charge in [-0.2, -0.15) is 0 Å². The Kier molecular flexibility index (Phi) is 5.62. The van der Waals surface area contributed by atoms with Gasteiger partial charge in [-0.05, 0) is 31.4 Å². The van der Waals surface area contributed by atoms with Gasteiger partial charge >= 0.3 is 0 Å². The molecular weight excluding hydrogens is 232 g/mol. The second-order valence-electron chi connectivity index (χ2n) is 5.54. The number of likely N-dealkylation sites (tertiary alicyclic amines) is 1. The standard InChI is InChI=1S/C17H26N2/c1-3-15(2)12-18-17-10-7-11-19(14-17)13-16-8-5-4-6-9-16/h4-6,8-9,17-18H,2-3,7,10-14H2,1H3. The van der Waals surface area contributed by atoms with Gasteiger partial charge in [0.2, 0.25) is 0 Å². The van der Waals surface area contributed by atoms with Crippen molar-refractivity contribution >= 4 is 0 Å². The first-order chi connectivity index (χ1) is 9.28. The van der Waals surface area contributed by atoms with Crippen LogP contribution in [0.15, 0.2) is 42.5 Å². The lowest BCUT2D eigenvalue weighted by molar-refractivity contribution is 0.185. The van der Waals surface area contributed by atoms with E-state index in [1.54, 1.807) is 0 Å². The summed E-state index contributed by atoms with van der Waals surface area (Å²) in [6.45, 7) is 10.7. The van der Waals surface area contributed by atoms with Crippen molar-refractivity contribution in [3.63, 3.8) is 0 Å². The molecule has 2 nitrogen and oxygen atoms in total. The fraction of sp³-hybridized carbons (Fsp3) is 0.529. The van der Waals surface area contributed by atoms with Crippen molar-refractivity contribution in [3.05, 3.63) is 48.0 Å². The monoisotopic (exact) mass is 258 g/mol. The van der Waals surface area contributed by atoms with Crippen LogP contribution in [0.3, 0.4) is 0 Å². The molecule has 1 saturated heterocycles. The third-order valence-corrected chi connectivity index (χ3v) is 3.90. The van der Waals surface area contributed by atoms with E-state index in [1.165, 1.54) is 30.5 Å². The Morgan fingerprint density at radius 2 is 2.16 bits per heavy atom. The van der Waals surface area contributed by atoms with E-state index >= 15 is 0 Å². The van der Waals surface area contributed by atoms with Gasteiger partial charge in [0.15, 0.2) is 0 Å². The van der Waals surface area contributed by atoms with Crippen molar-refractivity contribution in [1.82, 2.24) is 10.2 Å². The number of benzene rings is 1. The summed E-state index contributed by atoms with van der Waals surface area (Å²) < 4.78 is 0. The van der Waals surface area contributed by atoms with Crippen LogP contribution in [0.4, 0.5) is 0 Å². The third kappa shape index (κ3) is 4.81. The summed E-state index contributed by atoms with van der Waals surface area (Å²) in [6, 6.07) is 11.4. The molecule has 1 aromatic carbocycles. The van der Waals surface area contributed by atoms with E-state index in [4.69, 9.17) is 0 Å². The maximum Gasteiger partial charge on any atom is 0.0234 e. The molecule has 0 bridgehead atoms. The van der Waals surface area contributed by atoms with E-state index in [1.807, 2.05) is 0 Å². The lowest BCUT2D eigenvalue weighted by atomic mass is 10.0. The Labute approximate surface area is 117 Å². The number of piperidine rings is 1. The van der Waals surface area contributed by atoms with Crippen molar-refractivity contribution in [2.45, 2.75) is 38.8 Å². The Bertz CT molecular complexity index is 386. The summed E-state index contributed by atoms with van der Waals surface area (Å²) in [5.41, 5.74) is 2.72. The Hall–Kier alpha value is -1.12. The van der Waals surface area contributed by atoms with Gasteiger partial charge in [-0.3, -0.25) is 4.90 Å². The van der Waals surface area contributed by atoms with Gasteiger partial charge in [-0.25, -0.2) is 0 Å². The predicted molar refractivity (Wildman–Crippen MR) is 82.2 cm³/mol. The van der Waals surface area contributed by atoms with Gasteiger partial charge in [-0.1, -0.05) is 49.4 Å². The Morgan fingerprint density at radius 3 is 2.89 bits per heavy atom. The molecule has 0 aliphatic carbocycles. The molecule has 0 aromatic heterocycles. The molecule has 1 heterocycles. The fourth-order valence-corrected chi connectivity index (χ4v) is 2.62. The molecule has 19 heavy (non-hydrogen) atoms. The highest BCUT2D eigenvalue weighted by molar-refractivity contribution is 5.14. The van der Waals surface area contributed by atoms with E-state index in [-0.39, 0.29) is 0 Å². The normalized spacial score (nSPS) is 20.4. The summed E-state index contributed by atoms with van der Waals surface area (Å²) in [6.07, 6.45) is 3.67. The summed E-state index contributed by atoms with van der Waals surface area (Å²) in [5.74, 6) is 0. The minimum absolute atomic E-state index is 0.626. The molecule has 104 valence electrons. The molecule has 1 aliphatic rings. The van der Waals surface area contributed by atoms with Crippen LogP contribution in [0, 0.1) is 0 Å². The second-order valence-corrected chi connectivity index (χ2v) is 5.54. The van der Waals surface area contributed by atoms with Crippen LogP contribution in [-0.4, -0.2) is 30.6 Å². The first kappa shape index (κ1) is 14.3. The van der Waals surface area contributed by atoms with Crippen molar-refractivity contribution in [2.24, 2.45) is 0 Å². The summed E-state index contributed by atoms with van der Waals surface area (Å²) in [7, 11) is 0.